The smallest absolute Gasteiger partial charge is 0.394 e. The predicted molar refractivity (Wildman–Crippen MR) is 87.8 cm³/mol. The van der Waals surface area contributed by atoms with Crippen LogP contribution in [0, 0.1) is 0 Å². The van der Waals surface area contributed by atoms with E-state index in [2.05, 4.69) is 9.78 Å². The Hall–Kier alpha value is -1.83. The Morgan fingerprint density at radius 1 is 0.935 bits per heavy atom. The number of ketones is 1. The molecule has 31 heavy (non-hydrogen) atoms. The van der Waals surface area contributed by atoms with Gasteiger partial charge in [0.15, 0.2) is 6.10 Å². The number of carbonyl (C=O) groups excluding carboxylic acids is 3. The number of rotatable bonds is 9. The molecule has 0 bridgehead atoms. The van der Waals surface area contributed by atoms with Crippen molar-refractivity contribution in [2.75, 3.05) is 13.2 Å². The van der Waals surface area contributed by atoms with Gasteiger partial charge in [-0.25, -0.2) is 19.4 Å². The fourth-order valence-corrected chi connectivity index (χ4v) is 2.51. The van der Waals surface area contributed by atoms with Crippen molar-refractivity contribution in [1.29, 1.82) is 0 Å². The van der Waals surface area contributed by atoms with E-state index in [-0.39, 0.29) is 0 Å². The molecule has 0 aromatic heterocycles. The van der Waals surface area contributed by atoms with Crippen molar-refractivity contribution in [1.82, 2.24) is 0 Å². The average molecular weight is 460 g/mol. The lowest BCUT2D eigenvalue weighted by atomic mass is 9.89. The molecule has 1 aliphatic rings. The van der Waals surface area contributed by atoms with Crippen molar-refractivity contribution in [3.63, 3.8) is 0 Å². The fourth-order valence-electron chi connectivity index (χ4n) is 2.51. The van der Waals surface area contributed by atoms with Gasteiger partial charge in [0.05, 0.1) is 19.6 Å². The van der Waals surface area contributed by atoms with Crippen LogP contribution < -0.4 is 0 Å². The summed E-state index contributed by atoms with van der Waals surface area (Å²) >= 11 is 0. The number of hydrogen-bond acceptors (Lipinski definition) is 16. The Balaban J connectivity index is 2.68. The van der Waals surface area contributed by atoms with Gasteiger partial charge >= 0.3 is 11.9 Å². The van der Waals surface area contributed by atoms with Gasteiger partial charge in [-0.05, 0) is 0 Å². The standard InChI is InChI=1S/C15H24O16/c16-2-5(19)7(20)9(22)11(24)14(27)31-30-13(26)4(18)1-15(28)12(25)10(23)8(21)6(3-17)29-15/h5-12,16-17,19-25,28H,1-3H2/t5?,6-,7?,8-,9?,10+,11?,12-,15?/m1/s1. The second-order valence-corrected chi connectivity index (χ2v) is 6.66. The van der Waals surface area contributed by atoms with Crippen molar-refractivity contribution < 1.29 is 80.0 Å². The third-order valence-corrected chi connectivity index (χ3v) is 4.39. The third kappa shape index (κ3) is 6.34. The molecule has 1 fully saturated rings. The Kier molecular flexibility index (Phi) is 9.79. The number of Topliss-reactive ketones (excluding diaryl/α,β-unsaturated/α-hetero) is 1. The first-order valence-electron chi connectivity index (χ1n) is 8.64. The van der Waals surface area contributed by atoms with Crippen molar-refractivity contribution in [3.8, 4) is 0 Å². The minimum atomic E-state index is -2.95. The van der Waals surface area contributed by atoms with Gasteiger partial charge < -0.3 is 55.8 Å². The molecular weight excluding hydrogens is 436 g/mol. The zero-order valence-electron chi connectivity index (χ0n) is 15.7. The highest BCUT2D eigenvalue weighted by molar-refractivity contribution is 6.33. The molecule has 0 aliphatic carbocycles. The van der Waals surface area contributed by atoms with Crippen molar-refractivity contribution in [2.45, 2.75) is 61.0 Å². The van der Waals surface area contributed by atoms with Gasteiger partial charge in [-0.1, -0.05) is 0 Å². The van der Waals surface area contributed by atoms with Gasteiger partial charge in [-0.2, -0.15) is 0 Å². The van der Waals surface area contributed by atoms with E-state index in [0.29, 0.717) is 0 Å². The molecule has 5 unspecified atom stereocenters. The highest BCUT2D eigenvalue weighted by Crippen LogP contribution is 2.31. The van der Waals surface area contributed by atoms with E-state index in [4.69, 9.17) is 20.1 Å². The van der Waals surface area contributed by atoms with Crippen LogP contribution in [-0.2, 0) is 28.9 Å². The van der Waals surface area contributed by atoms with Crippen LogP contribution in [0.1, 0.15) is 6.42 Å². The lowest BCUT2D eigenvalue weighted by Gasteiger charge is -2.44. The lowest BCUT2D eigenvalue weighted by Crippen LogP contribution is -2.65. The molecule has 180 valence electrons. The lowest BCUT2D eigenvalue weighted by molar-refractivity contribution is -0.348. The van der Waals surface area contributed by atoms with E-state index < -0.39 is 92.0 Å². The van der Waals surface area contributed by atoms with Crippen molar-refractivity contribution in [2.24, 2.45) is 0 Å². The summed E-state index contributed by atoms with van der Waals surface area (Å²) in [5, 5.41) is 94.4. The van der Waals surface area contributed by atoms with Gasteiger partial charge in [0.25, 0.3) is 0 Å². The molecule has 1 heterocycles. The van der Waals surface area contributed by atoms with Crippen LogP contribution in [0.2, 0.25) is 0 Å². The molecule has 1 saturated heterocycles. The quantitative estimate of drug-likeness (QED) is 0.0868. The van der Waals surface area contributed by atoms with E-state index in [1.54, 1.807) is 0 Å². The molecule has 16 nitrogen and oxygen atoms in total. The Morgan fingerprint density at radius 2 is 1.52 bits per heavy atom. The topological polar surface area (TPSA) is 281 Å². The van der Waals surface area contributed by atoms with Crippen LogP contribution in [0.5, 0.6) is 0 Å². The van der Waals surface area contributed by atoms with E-state index in [1.165, 1.54) is 0 Å². The second kappa shape index (κ2) is 11.2. The van der Waals surface area contributed by atoms with Gasteiger partial charge in [0, 0.05) is 0 Å². The van der Waals surface area contributed by atoms with Gasteiger partial charge in [-0.15, -0.1) is 0 Å². The number of aliphatic hydroxyl groups is 10. The summed E-state index contributed by atoms with van der Waals surface area (Å²) in [7, 11) is 0. The highest BCUT2D eigenvalue weighted by atomic mass is 17.2. The zero-order valence-corrected chi connectivity index (χ0v) is 15.7. The molecule has 1 rings (SSSR count). The molecular formula is C15H24O16. The molecule has 0 radical (unpaired) electrons. The van der Waals surface area contributed by atoms with Crippen molar-refractivity contribution >= 4 is 17.7 Å². The molecule has 0 aromatic carbocycles. The van der Waals surface area contributed by atoms with Crippen LogP contribution >= 0.6 is 0 Å². The van der Waals surface area contributed by atoms with Crippen LogP contribution in [0.3, 0.4) is 0 Å². The average Bonchev–Trinajstić information content (AvgIpc) is 2.75. The predicted octanol–water partition coefficient (Wildman–Crippen LogP) is -7.45. The number of carbonyl (C=O) groups is 3. The zero-order chi connectivity index (χ0) is 24.1. The van der Waals surface area contributed by atoms with Gasteiger partial charge in [-0.3, -0.25) is 4.79 Å². The monoisotopic (exact) mass is 460 g/mol. The second-order valence-electron chi connectivity index (χ2n) is 6.66. The molecule has 0 saturated carbocycles. The maximum absolute atomic E-state index is 11.9. The summed E-state index contributed by atoms with van der Waals surface area (Å²) in [6.45, 7) is -1.98. The van der Waals surface area contributed by atoms with Crippen LogP contribution in [0.4, 0.5) is 0 Å². The summed E-state index contributed by atoms with van der Waals surface area (Å²) in [6, 6.07) is 0. The summed E-state index contributed by atoms with van der Waals surface area (Å²) in [4.78, 5) is 42.6. The Labute approximate surface area is 173 Å². The van der Waals surface area contributed by atoms with Crippen LogP contribution in [0.15, 0.2) is 0 Å². The summed E-state index contributed by atoms with van der Waals surface area (Å²) in [5.41, 5.74) is 0. The molecule has 16 heteroatoms. The largest absolute Gasteiger partial charge is 0.421 e. The minimum absolute atomic E-state index is 0.944. The molecule has 0 amide bonds. The molecule has 1 aliphatic heterocycles. The SMILES string of the molecule is O=C(CC1(O)O[C@H](CO)[C@@H](O)[C@H](O)[C@H]1O)C(=O)OOC(=O)C(O)C(O)C(O)C(O)CO. The fraction of sp³-hybridized carbons (Fsp3) is 0.800. The Morgan fingerprint density at radius 3 is 2.03 bits per heavy atom. The summed E-state index contributed by atoms with van der Waals surface area (Å²) in [6.07, 6.45) is -18.4. The van der Waals surface area contributed by atoms with Gasteiger partial charge in [0.1, 0.15) is 42.7 Å². The van der Waals surface area contributed by atoms with E-state index in [9.17, 15) is 50.1 Å². The highest BCUT2D eigenvalue weighted by Gasteiger charge is 2.54. The third-order valence-electron chi connectivity index (χ3n) is 4.39. The number of aliphatic hydroxyl groups excluding tert-OH is 9. The molecule has 0 spiro atoms. The number of ether oxygens (including phenoxy) is 1. The molecule has 10 N–H and O–H groups in total. The maximum atomic E-state index is 11.9. The van der Waals surface area contributed by atoms with E-state index in [0.717, 1.165) is 0 Å². The summed E-state index contributed by atoms with van der Waals surface area (Å²) in [5.74, 6) is -8.52. The van der Waals surface area contributed by atoms with Crippen LogP contribution in [-0.4, -0.2) is 137 Å². The first-order valence-corrected chi connectivity index (χ1v) is 8.64. The number of hydrogen-bond donors (Lipinski definition) is 10. The normalized spacial score (nSPS) is 32.5. The van der Waals surface area contributed by atoms with E-state index >= 15 is 0 Å². The Bertz CT molecular complexity index is 639. The minimum Gasteiger partial charge on any atom is -0.394 e. The molecule has 9 atom stereocenters. The first-order chi connectivity index (χ1) is 14.3. The first kappa shape index (κ1) is 27.2. The maximum Gasteiger partial charge on any atom is 0.421 e. The summed E-state index contributed by atoms with van der Waals surface area (Å²) < 4.78 is 4.76. The van der Waals surface area contributed by atoms with Crippen LogP contribution in [0.25, 0.3) is 0 Å². The van der Waals surface area contributed by atoms with E-state index in [1.807, 2.05) is 0 Å². The molecule has 0 aromatic rings. The van der Waals surface area contributed by atoms with Gasteiger partial charge in [0.2, 0.25) is 11.6 Å². The van der Waals surface area contributed by atoms with Crippen molar-refractivity contribution in [3.05, 3.63) is 0 Å².